The maximum Gasteiger partial charge on any atom is 0.405 e. The van der Waals surface area contributed by atoms with Gasteiger partial charge >= 0.3 is 6.09 Å². The third-order valence-corrected chi connectivity index (χ3v) is 4.96. The van der Waals surface area contributed by atoms with Gasteiger partial charge in [0.2, 0.25) is 11.8 Å². The van der Waals surface area contributed by atoms with Crippen molar-refractivity contribution in [3.05, 3.63) is 0 Å². The van der Waals surface area contributed by atoms with Gasteiger partial charge in [-0.15, -0.1) is 0 Å². The summed E-state index contributed by atoms with van der Waals surface area (Å²) in [4.78, 5) is 50.1. The van der Waals surface area contributed by atoms with E-state index in [0.717, 1.165) is 0 Å². The molecule has 3 amide bonds. The second kappa shape index (κ2) is 12.7. The van der Waals surface area contributed by atoms with Crippen LogP contribution in [0.4, 0.5) is 9.18 Å². The lowest BCUT2D eigenvalue weighted by molar-refractivity contribution is -0.141. The van der Waals surface area contributed by atoms with Crippen LogP contribution in [0.5, 0.6) is 0 Å². The van der Waals surface area contributed by atoms with E-state index in [1.54, 1.807) is 0 Å². The number of halogens is 1. The van der Waals surface area contributed by atoms with E-state index in [-0.39, 0.29) is 37.8 Å². The summed E-state index contributed by atoms with van der Waals surface area (Å²) in [7, 11) is 0. The van der Waals surface area contributed by atoms with E-state index >= 15 is 0 Å². The Balaban J connectivity index is 2.83. The third-order valence-electron chi connectivity index (χ3n) is 4.96. The molecular weight excluding hydrogens is 411 g/mol. The van der Waals surface area contributed by atoms with E-state index in [9.17, 15) is 23.6 Å². The average molecular weight is 445 g/mol. The van der Waals surface area contributed by atoms with Crippen LogP contribution in [0.25, 0.3) is 0 Å². The first-order chi connectivity index (χ1) is 14.6. The molecule has 0 aromatic rings. The molecule has 0 aliphatic carbocycles. The molecule has 1 heterocycles. The zero-order valence-corrected chi connectivity index (χ0v) is 17.9. The number of ketones is 1. The number of nitrogens with one attached hydrogen (secondary N) is 4. The van der Waals surface area contributed by atoms with Crippen molar-refractivity contribution in [2.75, 3.05) is 19.8 Å². The highest BCUT2D eigenvalue weighted by Gasteiger charge is 2.38. The zero-order chi connectivity index (χ0) is 23.6. The molecule has 12 heteroatoms. The highest BCUT2D eigenvalue weighted by Crippen LogP contribution is 2.21. The molecule has 31 heavy (non-hydrogen) atoms. The molecule has 0 spiro atoms. The number of carbonyl (C=O) groups excluding carboxylic acids is 3. The van der Waals surface area contributed by atoms with Crippen LogP contribution in [0.2, 0.25) is 0 Å². The van der Waals surface area contributed by atoms with Gasteiger partial charge in [0.05, 0.1) is 6.04 Å². The van der Waals surface area contributed by atoms with Crippen molar-refractivity contribution in [3.8, 4) is 0 Å². The number of nitrogens with zero attached hydrogens (tertiary/aromatic N) is 1. The van der Waals surface area contributed by atoms with Crippen LogP contribution in [-0.2, 0) is 14.4 Å². The molecule has 3 unspecified atom stereocenters. The van der Waals surface area contributed by atoms with Gasteiger partial charge in [-0.25, -0.2) is 9.18 Å². The summed E-state index contributed by atoms with van der Waals surface area (Å²) in [5, 5.41) is 23.5. The number of rotatable bonds is 12. The van der Waals surface area contributed by atoms with E-state index < -0.39 is 48.5 Å². The number of carbonyl (C=O) groups is 4. The normalized spacial score (nSPS) is 17.7. The standard InChI is InChI=1S/C19H33FN6O5/c1-11(2)9-13(25-19(30)31)17(29)26-8-4-6-14(26)16(28)24-12(15(27)10-20)5-3-7-23-18(21)22/h11-14,25H,3-10H2,1-2H3,(H,24,28)(H,30,31)(H4,21,22,23). The molecule has 7 N–H and O–H groups in total. The van der Waals surface area contributed by atoms with E-state index in [1.807, 2.05) is 13.8 Å². The molecule has 0 aromatic heterocycles. The molecule has 1 saturated heterocycles. The van der Waals surface area contributed by atoms with Crippen molar-refractivity contribution in [2.45, 2.75) is 64.1 Å². The summed E-state index contributed by atoms with van der Waals surface area (Å²) in [5.41, 5.74) is 5.18. The Bertz CT molecular complexity index is 674. The topological polar surface area (TPSA) is 178 Å². The first kappa shape index (κ1) is 26.1. The predicted molar refractivity (Wildman–Crippen MR) is 111 cm³/mol. The van der Waals surface area contributed by atoms with Crippen molar-refractivity contribution >= 4 is 29.7 Å². The van der Waals surface area contributed by atoms with Crippen molar-refractivity contribution < 1.29 is 28.7 Å². The van der Waals surface area contributed by atoms with Crippen LogP contribution in [-0.4, -0.2) is 77.5 Å². The molecule has 0 bridgehead atoms. The van der Waals surface area contributed by atoms with Crippen molar-refractivity contribution in [1.29, 1.82) is 5.41 Å². The Labute approximate surface area is 180 Å². The number of amides is 3. The number of carboxylic acid groups (broad SMARTS) is 1. The van der Waals surface area contributed by atoms with Gasteiger partial charge < -0.3 is 31.7 Å². The zero-order valence-electron chi connectivity index (χ0n) is 17.9. The van der Waals surface area contributed by atoms with Crippen LogP contribution in [0.1, 0.15) is 46.0 Å². The van der Waals surface area contributed by atoms with Gasteiger partial charge in [-0.3, -0.25) is 19.8 Å². The minimum Gasteiger partial charge on any atom is -0.465 e. The van der Waals surface area contributed by atoms with Gasteiger partial charge in [0.25, 0.3) is 0 Å². The number of alkyl halides is 1. The SMILES string of the molecule is CC(C)CC(NC(=O)O)C(=O)N1CCCC1C(=O)NC(CCCNC(=N)N)C(=O)CF. The van der Waals surface area contributed by atoms with Gasteiger partial charge in [0, 0.05) is 13.1 Å². The van der Waals surface area contributed by atoms with Crippen molar-refractivity contribution in [3.63, 3.8) is 0 Å². The molecular formula is C19H33FN6O5. The molecule has 0 aromatic carbocycles. The fraction of sp³-hybridized carbons (Fsp3) is 0.737. The molecule has 0 radical (unpaired) electrons. The Hall–Kier alpha value is -2.92. The maximum atomic E-state index is 13.0. The van der Waals surface area contributed by atoms with Gasteiger partial charge in [-0.05, 0) is 38.0 Å². The highest BCUT2D eigenvalue weighted by molar-refractivity contribution is 5.94. The van der Waals surface area contributed by atoms with Crippen LogP contribution in [0.15, 0.2) is 0 Å². The minimum absolute atomic E-state index is 0.0471. The Morgan fingerprint density at radius 3 is 2.45 bits per heavy atom. The number of likely N-dealkylation sites (tertiary alicyclic amines) is 1. The molecule has 11 nitrogen and oxygen atoms in total. The second-order valence-corrected chi connectivity index (χ2v) is 7.97. The Morgan fingerprint density at radius 1 is 1.23 bits per heavy atom. The molecule has 1 fully saturated rings. The fourth-order valence-corrected chi connectivity index (χ4v) is 3.55. The first-order valence-corrected chi connectivity index (χ1v) is 10.3. The lowest BCUT2D eigenvalue weighted by Crippen LogP contribution is -2.55. The third kappa shape index (κ3) is 8.77. The molecule has 1 aliphatic heterocycles. The first-order valence-electron chi connectivity index (χ1n) is 10.3. The maximum absolute atomic E-state index is 13.0. The summed E-state index contributed by atoms with van der Waals surface area (Å²) in [5.74, 6) is -2.03. The van der Waals surface area contributed by atoms with E-state index in [2.05, 4.69) is 16.0 Å². The molecule has 3 atom stereocenters. The summed E-state index contributed by atoms with van der Waals surface area (Å²) in [6.07, 6.45) is 0.375. The van der Waals surface area contributed by atoms with Gasteiger partial charge in [0.15, 0.2) is 11.7 Å². The van der Waals surface area contributed by atoms with Gasteiger partial charge in [-0.1, -0.05) is 13.8 Å². The quantitative estimate of drug-likeness (QED) is 0.139. The summed E-state index contributed by atoms with van der Waals surface area (Å²) in [6.45, 7) is 3.04. The molecule has 1 rings (SSSR count). The van der Waals surface area contributed by atoms with Gasteiger partial charge in [-0.2, -0.15) is 0 Å². The smallest absolute Gasteiger partial charge is 0.405 e. The largest absolute Gasteiger partial charge is 0.465 e. The lowest BCUT2D eigenvalue weighted by Gasteiger charge is -2.30. The lowest BCUT2D eigenvalue weighted by atomic mass is 10.0. The van der Waals surface area contributed by atoms with Crippen molar-refractivity contribution in [2.24, 2.45) is 11.7 Å². The van der Waals surface area contributed by atoms with Gasteiger partial charge in [0.1, 0.15) is 18.8 Å². The summed E-state index contributed by atoms with van der Waals surface area (Å²) >= 11 is 0. The van der Waals surface area contributed by atoms with E-state index in [1.165, 1.54) is 4.90 Å². The summed E-state index contributed by atoms with van der Waals surface area (Å²) < 4.78 is 13.0. The van der Waals surface area contributed by atoms with Crippen LogP contribution >= 0.6 is 0 Å². The van der Waals surface area contributed by atoms with E-state index in [4.69, 9.17) is 16.2 Å². The number of guanidine groups is 1. The average Bonchev–Trinajstić information content (AvgIpc) is 3.17. The van der Waals surface area contributed by atoms with Crippen LogP contribution in [0.3, 0.4) is 0 Å². The highest BCUT2D eigenvalue weighted by atomic mass is 19.1. The summed E-state index contributed by atoms with van der Waals surface area (Å²) in [6, 6.07) is -2.90. The fourth-order valence-electron chi connectivity index (χ4n) is 3.55. The Kier molecular flexibility index (Phi) is 10.7. The van der Waals surface area contributed by atoms with Crippen LogP contribution < -0.4 is 21.7 Å². The second-order valence-electron chi connectivity index (χ2n) is 7.97. The molecule has 176 valence electrons. The minimum atomic E-state index is -1.33. The predicted octanol–water partition coefficient (Wildman–Crippen LogP) is -0.0536. The van der Waals surface area contributed by atoms with E-state index in [0.29, 0.717) is 19.3 Å². The number of nitrogens with two attached hydrogens (primary N) is 1. The van der Waals surface area contributed by atoms with Crippen LogP contribution in [0, 0.1) is 11.3 Å². The number of Topliss-reactive ketones (excluding diaryl/α,β-unsaturated/α-hetero) is 1. The molecule has 1 aliphatic rings. The number of hydrogen-bond acceptors (Lipinski definition) is 5. The molecule has 0 saturated carbocycles. The number of hydrogen-bond donors (Lipinski definition) is 6. The monoisotopic (exact) mass is 444 g/mol. The van der Waals surface area contributed by atoms with Crippen molar-refractivity contribution in [1.82, 2.24) is 20.9 Å². The Morgan fingerprint density at radius 2 is 1.90 bits per heavy atom.